The monoisotopic (exact) mass is 292 g/mol. The Kier molecular flexibility index (Phi) is 4.06. The van der Waals surface area contributed by atoms with Gasteiger partial charge < -0.3 is 10.6 Å². The summed E-state index contributed by atoms with van der Waals surface area (Å²) in [5, 5.41) is 0. The first-order valence-corrected chi connectivity index (χ1v) is 9.00. The molecule has 120 valence electrons. The number of nitrogens with two attached hydrogens (primary N) is 1. The van der Waals surface area contributed by atoms with E-state index >= 15 is 0 Å². The molecule has 2 N–H and O–H groups in total. The van der Waals surface area contributed by atoms with Crippen LogP contribution in [0.4, 0.5) is 0 Å². The van der Waals surface area contributed by atoms with E-state index in [9.17, 15) is 4.79 Å². The van der Waals surface area contributed by atoms with Crippen molar-refractivity contribution in [2.75, 3.05) is 19.6 Å². The van der Waals surface area contributed by atoms with Crippen molar-refractivity contribution in [2.45, 2.75) is 65.2 Å². The van der Waals surface area contributed by atoms with Crippen LogP contribution in [0, 0.1) is 22.7 Å². The van der Waals surface area contributed by atoms with Crippen LogP contribution in [0.5, 0.6) is 0 Å². The first-order valence-electron chi connectivity index (χ1n) is 9.00. The van der Waals surface area contributed by atoms with E-state index in [1.54, 1.807) is 0 Å². The average Bonchev–Trinajstić information content (AvgIpc) is 2.40. The minimum Gasteiger partial charge on any atom is -0.341 e. The molecule has 0 aromatic heterocycles. The number of hydrogen-bond donors (Lipinski definition) is 1. The normalized spacial score (nSPS) is 40.5. The summed E-state index contributed by atoms with van der Waals surface area (Å²) < 4.78 is 0. The summed E-state index contributed by atoms with van der Waals surface area (Å²) in [6.07, 6.45) is 9.82. The van der Waals surface area contributed by atoms with Crippen molar-refractivity contribution in [1.82, 2.24) is 4.90 Å². The zero-order valence-corrected chi connectivity index (χ0v) is 13.9. The van der Waals surface area contributed by atoms with Gasteiger partial charge in [-0.25, -0.2) is 0 Å². The van der Waals surface area contributed by atoms with Crippen LogP contribution in [0.1, 0.15) is 65.2 Å². The van der Waals surface area contributed by atoms with Crippen molar-refractivity contribution < 1.29 is 4.79 Å². The third-order valence-corrected chi connectivity index (χ3v) is 6.28. The van der Waals surface area contributed by atoms with Gasteiger partial charge >= 0.3 is 0 Å². The van der Waals surface area contributed by atoms with Crippen LogP contribution in [-0.4, -0.2) is 30.4 Å². The Balaban J connectivity index is 1.79. The third kappa shape index (κ3) is 2.74. The van der Waals surface area contributed by atoms with Crippen LogP contribution < -0.4 is 5.73 Å². The smallest absolute Gasteiger partial charge is 0.228 e. The van der Waals surface area contributed by atoms with Gasteiger partial charge in [-0.15, -0.1) is 0 Å². The van der Waals surface area contributed by atoms with Crippen molar-refractivity contribution in [3.8, 4) is 0 Å². The minimum atomic E-state index is -0.0260. The molecular formula is C18H32N2O. The second kappa shape index (κ2) is 5.57. The maximum atomic E-state index is 13.3. The van der Waals surface area contributed by atoms with Crippen molar-refractivity contribution in [1.29, 1.82) is 0 Å². The quantitative estimate of drug-likeness (QED) is 0.817. The maximum Gasteiger partial charge on any atom is 0.228 e. The van der Waals surface area contributed by atoms with E-state index in [1.807, 2.05) is 0 Å². The van der Waals surface area contributed by atoms with Crippen molar-refractivity contribution >= 4 is 5.91 Å². The SMILES string of the molecule is CCCCN(CCN)C(=O)C12CC3CC(CC(C)(C3)C1)C2. The van der Waals surface area contributed by atoms with E-state index < -0.39 is 0 Å². The van der Waals surface area contributed by atoms with Crippen LogP contribution in [-0.2, 0) is 4.79 Å². The van der Waals surface area contributed by atoms with Gasteiger partial charge in [0.25, 0.3) is 0 Å². The highest BCUT2D eigenvalue weighted by Gasteiger charge is 2.59. The van der Waals surface area contributed by atoms with Crippen molar-refractivity contribution in [2.24, 2.45) is 28.4 Å². The Morgan fingerprint density at radius 2 is 1.86 bits per heavy atom. The molecule has 4 aliphatic carbocycles. The topological polar surface area (TPSA) is 46.3 Å². The van der Waals surface area contributed by atoms with Crippen LogP contribution >= 0.6 is 0 Å². The summed E-state index contributed by atoms with van der Waals surface area (Å²) in [5.41, 5.74) is 6.18. The number of carbonyl (C=O) groups is 1. The van der Waals surface area contributed by atoms with Gasteiger partial charge in [0.15, 0.2) is 0 Å². The lowest BCUT2D eigenvalue weighted by molar-refractivity contribution is -0.166. The summed E-state index contributed by atoms with van der Waals surface area (Å²) in [5.74, 6) is 2.07. The van der Waals surface area contributed by atoms with E-state index in [2.05, 4.69) is 18.7 Å². The van der Waals surface area contributed by atoms with Gasteiger partial charge in [0.05, 0.1) is 5.41 Å². The lowest BCUT2D eigenvalue weighted by Gasteiger charge is -2.61. The zero-order valence-electron chi connectivity index (χ0n) is 13.9. The van der Waals surface area contributed by atoms with E-state index in [-0.39, 0.29) is 5.41 Å². The molecule has 1 amide bonds. The van der Waals surface area contributed by atoms with Crippen molar-refractivity contribution in [3.05, 3.63) is 0 Å². The standard InChI is InChI=1S/C18H32N2O/c1-3-4-6-20(7-5-19)16(21)18-11-14-8-15(12-18)10-17(2,9-14)13-18/h14-15H,3-13,19H2,1-2H3. The molecular weight excluding hydrogens is 260 g/mol. The Labute approximate surface area is 129 Å². The van der Waals surface area contributed by atoms with Gasteiger partial charge in [0, 0.05) is 19.6 Å². The summed E-state index contributed by atoms with van der Waals surface area (Å²) in [6, 6.07) is 0. The second-order valence-electron chi connectivity index (χ2n) is 8.49. The highest BCUT2D eigenvalue weighted by molar-refractivity contribution is 5.83. The van der Waals surface area contributed by atoms with Gasteiger partial charge in [-0.05, 0) is 62.2 Å². The molecule has 21 heavy (non-hydrogen) atoms. The molecule has 3 heteroatoms. The van der Waals surface area contributed by atoms with Gasteiger partial charge in [0.2, 0.25) is 5.91 Å². The van der Waals surface area contributed by atoms with Gasteiger partial charge in [0.1, 0.15) is 0 Å². The predicted octanol–water partition coefficient (Wildman–Crippen LogP) is 3.18. The number of hydrogen-bond acceptors (Lipinski definition) is 2. The largest absolute Gasteiger partial charge is 0.341 e. The number of rotatable bonds is 6. The summed E-state index contributed by atoms with van der Waals surface area (Å²) in [4.78, 5) is 15.4. The Bertz CT molecular complexity index is 392. The van der Waals surface area contributed by atoms with Gasteiger partial charge in [-0.2, -0.15) is 0 Å². The summed E-state index contributed by atoms with van der Waals surface area (Å²) in [7, 11) is 0. The van der Waals surface area contributed by atoms with E-state index in [0.29, 0.717) is 17.9 Å². The maximum absolute atomic E-state index is 13.3. The first-order chi connectivity index (χ1) is 10.0. The highest BCUT2D eigenvalue weighted by atomic mass is 16.2. The summed E-state index contributed by atoms with van der Waals surface area (Å²) in [6.45, 7) is 6.87. The minimum absolute atomic E-state index is 0.0260. The van der Waals surface area contributed by atoms with Gasteiger partial charge in [-0.1, -0.05) is 20.3 Å². The fraction of sp³-hybridized carbons (Fsp3) is 0.944. The van der Waals surface area contributed by atoms with E-state index in [4.69, 9.17) is 5.73 Å². The Morgan fingerprint density at radius 3 is 2.38 bits per heavy atom. The number of unbranched alkanes of at least 4 members (excludes halogenated alkanes) is 1. The van der Waals surface area contributed by atoms with Crippen molar-refractivity contribution in [3.63, 3.8) is 0 Å². The predicted molar refractivity (Wildman–Crippen MR) is 85.8 cm³/mol. The molecule has 4 fully saturated rings. The fourth-order valence-corrected chi connectivity index (χ4v) is 6.13. The number of amides is 1. The molecule has 4 aliphatic rings. The molecule has 0 heterocycles. The molecule has 2 atom stereocenters. The Morgan fingerprint density at radius 1 is 1.19 bits per heavy atom. The van der Waals surface area contributed by atoms with Gasteiger partial charge in [-0.3, -0.25) is 4.79 Å². The first kappa shape index (κ1) is 15.3. The molecule has 2 unspecified atom stereocenters. The lowest BCUT2D eigenvalue weighted by Crippen LogP contribution is -2.58. The highest BCUT2D eigenvalue weighted by Crippen LogP contribution is 2.65. The van der Waals surface area contributed by atoms with Crippen LogP contribution in [0.15, 0.2) is 0 Å². The third-order valence-electron chi connectivity index (χ3n) is 6.28. The molecule has 0 aromatic carbocycles. The van der Waals surface area contributed by atoms with Crippen LogP contribution in [0.2, 0.25) is 0 Å². The Hall–Kier alpha value is -0.570. The molecule has 3 nitrogen and oxygen atoms in total. The average molecular weight is 292 g/mol. The molecule has 0 aromatic rings. The molecule has 4 saturated carbocycles. The molecule has 4 rings (SSSR count). The number of nitrogens with zero attached hydrogens (tertiary/aromatic N) is 1. The summed E-state index contributed by atoms with van der Waals surface area (Å²) >= 11 is 0. The molecule has 4 bridgehead atoms. The van der Waals surface area contributed by atoms with E-state index in [0.717, 1.165) is 57.0 Å². The second-order valence-corrected chi connectivity index (χ2v) is 8.49. The zero-order chi connectivity index (χ0) is 15.1. The molecule has 0 saturated heterocycles. The lowest BCUT2D eigenvalue weighted by atomic mass is 9.44. The molecule has 0 spiro atoms. The number of carbonyl (C=O) groups excluding carboxylic acids is 1. The van der Waals surface area contributed by atoms with Crippen LogP contribution in [0.3, 0.4) is 0 Å². The van der Waals surface area contributed by atoms with E-state index in [1.165, 1.54) is 19.3 Å². The fourth-order valence-electron chi connectivity index (χ4n) is 6.13. The molecule has 0 aliphatic heterocycles. The molecule has 0 radical (unpaired) electrons. The van der Waals surface area contributed by atoms with Crippen LogP contribution in [0.25, 0.3) is 0 Å².